The lowest BCUT2D eigenvalue weighted by Gasteiger charge is -2.27. The van der Waals surface area contributed by atoms with Crippen LogP contribution in [0.15, 0.2) is 42.5 Å². The molecule has 1 atom stereocenters. The summed E-state index contributed by atoms with van der Waals surface area (Å²) in [7, 11) is 0. The van der Waals surface area contributed by atoms with Gasteiger partial charge in [-0.25, -0.2) is 0 Å². The van der Waals surface area contributed by atoms with Gasteiger partial charge in [-0.3, -0.25) is 0 Å². The number of hydrogen-bond acceptors (Lipinski definition) is 2. The number of ether oxygens (including phenoxy) is 1. The van der Waals surface area contributed by atoms with E-state index in [1.54, 1.807) is 0 Å². The lowest BCUT2D eigenvalue weighted by Crippen LogP contribution is -2.24. The molecule has 0 saturated carbocycles. The Balaban J connectivity index is 2.45. The van der Waals surface area contributed by atoms with E-state index in [0.29, 0.717) is 6.61 Å². The summed E-state index contributed by atoms with van der Waals surface area (Å²) in [6.07, 6.45) is 0.945. The Morgan fingerprint density at radius 2 is 1.76 bits per heavy atom. The van der Waals surface area contributed by atoms with Gasteiger partial charge in [0.1, 0.15) is 11.4 Å². The van der Waals surface area contributed by atoms with Crippen LogP contribution < -0.4 is 4.74 Å². The minimum Gasteiger partial charge on any atom is -0.493 e. The first-order chi connectivity index (χ1) is 9.96. The Hall–Kier alpha value is -1.80. The molecule has 0 aliphatic carbocycles. The van der Waals surface area contributed by atoms with Crippen LogP contribution in [0.1, 0.15) is 42.5 Å². The molecule has 112 valence electrons. The van der Waals surface area contributed by atoms with E-state index >= 15 is 0 Å². The molecule has 1 N–H and O–H groups in total. The second kappa shape index (κ2) is 6.31. The SMILES string of the molecule is CCCOc1ccccc1C(C)(O)c1ccc(C)c(C)c1. The van der Waals surface area contributed by atoms with Crippen molar-refractivity contribution in [1.82, 2.24) is 0 Å². The quantitative estimate of drug-likeness (QED) is 0.884. The van der Waals surface area contributed by atoms with Crippen molar-refractivity contribution in [2.24, 2.45) is 0 Å². The van der Waals surface area contributed by atoms with Crippen molar-refractivity contribution in [1.29, 1.82) is 0 Å². The van der Waals surface area contributed by atoms with E-state index in [9.17, 15) is 5.11 Å². The molecule has 0 saturated heterocycles. The van der Waals surface area contributed by atoms with Crippen molar-refractivity contribution in [3.8, 4) is 5.75 Å². The third-order valence-corrected chi connectivity index (χ3v) is 3.94. The van der Waals surface area contributed by atoms with E-state index in [0.717, 1.165) is 23.3 Å². The van der Waals surface area contributed by atoms with Crippen molar-refractivity contribution in [3.05, 3.63) is 64.7 Å². The Labute approximate surface area is 127 Å². The maximum atomic E-state index is 11.1. The number of hydrogen-bond donors (Lipinski definition) is 1. The third-order valence-electron chi connectivity index (χ3n) is 3.94. The van der Waals surface area contributed by atoms with Crippen LogP contribution in [0.2, 0.25) is 0 Å². The van der Waals surface area contributed by atoms with Gasteiger partial charge in [-0.15, -0.1) is 0 Å². The van der Waals surface area contributed by atoms with Crippen LogP contribution in [-0.4, -0.2) is 11.7 Å². The first-order valence-electron chi connectivity index (χ1n) is 7.49. The van der Waals surface area contributed by atoms with Crippen molar-refractivity contribution in [2.45, 2.75) is 39.7 Å². The molecule has 0 bridgehead atoms. The van der Waals surface area contributed by atoms with Gasteiger partial charge in [-0.05, 0) is 49.9 Å². The summed E-state index contributed by atoms with van der Waals surface area (Å²) in [5.74, 6) is 0.752. The molecule has 2 aromatic rings. The molecule has 0 aromatic heterocycles. The minimum absolute atomic E-state index is 0.653. The highest BCUT2D eigenvalue weighted by molar-refractivity contribution is 5.45. The van der Waals surface area contributed by atoms with Crippen molar-refractivity contribution in [2.75, 3.05) is 6.61 Å². The van der Waals surface area contributed by atoms with Crippen molar-refractivity contribution in [3.63, 3.8) is 0 Å². The normalized spacial score (nSPS) is 13.8. The summed E-state index contributed by atoms with van der Waals surface area (Å²) in [6.45, 7) is 8.69. The molecule has 1 unspecified atom stereocenters. The second-order valence-electron chi connectivity index (χ2n) is 5.72. The first kappa shape index (κ1) is 15.6. The zero-order valence-electron chi connectivity index (χ0n) is 13.3. The van der Waals surface area contributed by atoms with Gasteiger partial charge in [0.15, 0.2) is 0 Å². The van der Waals surface area contributed by atoms with Crippen LogP contribution >= 0.6 is 0 Å². The molecule has 0 spiro atoms. The molecule has 0 aliphatic heterocycles. The fourth-order valence-corrected chi connectivity index (χ4v) is 2.41. The van der Waals surface area contributed by atoms with E-state index in [2.05, 4.69) is 26.8 Å². The summed E-state index contributed by atoms with van der Waals surface area (Å²) in [5, 5.41) is 11.1. The summed E-state index contributed by atoms with van der Waals surface area (Å²) >= 11 is 0. The molecule has 0 amide bonds. The van der Waals surface area contributed by atoms with Gasteiger partial charge in [-0.2, -0.15) is 0 Å². The van der Waals surface area contributed by atoms with Gasteiger partial charge in [0.05, 0.1) is 6.61 Å². The van der Waals surface area contributed by atoms with Gasteiger partial charge in [0.25, 0.3) is 0 Å². The summed E-state index contributed by atoms with van der Waals surface area (Å²) < 4.78 is 5.79. The topological polar surface area (TPSA) is 29.5 Å². The van der Waals surface area contributed by atoms with E-state index in [1.165, 1.54) is 11.1 Å². The molecular formula is C19H24O2. The maximum absolute atomic E-state index is 11.1. The average molecular weight is 284 g/mol. The number of aliphatic hydroxyl groups is 1. The van der Waals surface area contributed by atoms with E-state index in [1.807, 2.05) is 43.3 Å². The average Bonchev–Trinajstić information content (AvgIpc) is 2.48. The largest absolute Gasteiger partial charge is 0.493 e. The zero-order valence-corrected chi connectivity index (χ0v) is 13.3. The van der Waals surface area contributed by atoms with Crippen molar-refractivity contribution >= 4 is 0 Å². The molecule has 0 aliphatic rings. The van der Waals surface area contributed by atoms with Gasteiger partial charge >= 0.3 is 0 Å². The number of para-hydroxylation sites is 1. The highest BCUT2D eigenvalue weighted by Gasteiger charge is 2.29. The van der Waals surface area contributed by atoms with Gasteiger partial charge < -0.3 is 9.84 Å². The van der Waals surface area contributed by atoms with Gasteiger partial charge in [-0.1, -0.05) is 43.3 Å². The fraction of sp³-hybridized carbons (Fsp3) is 0.368. The standard InChI is InChI=1S/C19H24O2/c1-5-12-21-18-9-7-6-8-17(18)19(4,20)16-11-10-14(2)15(3)13-16/h6-11,13,20H,5,12H2,1-4H3. The number of benzene rings is 2. The van der Waals surface area contributed by atoms with Gasteiger partial charge in [0, 0.05) is 5.56 Å². The van der Waals surface area contributed by atoms with Crippen LogP contribution in [-0.2, 0) is 5.60 Å². The lowest BCUT2D eigenvalue weighted by molar-refractivity contribution is 0.0977. The molecule has 0 heterocycles. The third kappa shape index (κ3) is 3.27. The summed E-state index contributed by atoms with van der Waals surface area (Å²) in [5.41, 5.74) is 3.03. The molecule has 2 rings (SSSR count). The van der Waals surface area contributed by atoms with Gasteiger partial charge in [0.2, 0.25) is 0 Å². The van der Waals surface area contributed by atoms with Crippen LogP contribution in [0.3, 0.4) is 0 Å². The highest BCUT2D eigenvalue weighted by Crippen LogP contribution is 2.36. The Morgan fingerprint density at radius 1 is 1.05 bits per heavy atom. The number of rotatable bonds is 5. The van der Waals surface area contributed by atoms with E-state index in [4.69, 9.17) is 4.74 Å². The Bertz CT molecular complexity index is 615. The molecular weight excluding hydrogens is 260 g/mol. The Kier molecular flexibility index (Phi) is 4.69. The van der Waals surface area contributed by atoms with E-state index in [-0.39, 0.29) is 0 Å². The van der Waals surface area contributed by atoms with E-state index < -0.39 is 5.60 Å². The molecule has 2 heteroatoms. The lowest BCUT2D eigenvalue weighted by atomic mass is 9.86. The monoisotopic (exact) mass is 284 g/mol. The fourth-order valence-electron chi connectivity index (χ4n) is 2.41. The molecule has 2 nitrogen and oxygen atoms in total. The van der Waals surface area contributed by atoms with Crippen molar-refractivity contribution < 1.29 is 9.84 Å². The smallest absolute Gasteiger partial charge is 0.125 e. The second-order valence-corrected chi connectivity index (χ2v) is 5.72. The van der Waals surface area contributed by atoms with Crippen LogP contribution in [0.5, 0.6) is 5.75 Å². The Morgan fingerprint density at radius 3 is 2.43 bits per heavy atom. The molecule has 2 aromatic carbocycles. The maximum Gasteiger partial charge on any atom is 0.125 e. The zero-order chi connectivity index (χ0) is 15.5. The first-order valence-corrected chi connectivity index (χ1v) is 7.49. The van der Waals surface area contributed by atoms with Crippen LogP contribution in [0.4, 0.5) is 0 Å². The molecule has 0 radical (unpaired) electrons. The number of aryl methyl sites for hydroxylation is 2. The van der Waals surface area contributed by atoms with Crippen LogP contribution in [0.25, 0.3) is 0 Å². The predicted molar refractivity (Wildman–Crippen MR) is 86.8 cm³/mol. The predicted octanol–water partition coefficient (Wildman–Crippen LogP) is 4.35. The summed E-state index contributed by atoms with van der Waals surface area (Å²) in [4.78, 5) is 0. The summed E-state index contributed by atoms with van der Waals surface area (Å²) in [6, 6.07) is 13.8. The van der Waals surface area contributed by atoms with Crippen LogP contribution in [0, 0.1) is 13.8 Å². The molecule has 0 fully saturated rings. The minimum atomic E-state index is -1.07. The molecule has 21 heavy (non-hydrogen) atoms. The highest BCUT2D eigenvalue weighted by atomic mass is 16.5.